The number of carbonyl (C=O) groups is 1. The highest BCUT2D eigenvalue weighted by atomic mass is 35.5. The topological polar surface area (TPSA) is 51.7 Å². The van der Waals surface area contributed by atoms with Gasteiger partial charge in [0.25, 0.3) is 5.91 Å². The van der Waals surface area contributed by atoms with Crippen molar-refractivity contribution < 1.29 is 14.3 Å². The van der Waals surface area contributed by atoms with Gasteiger partial charge in [0.05, 0.1) is 31.5 Å². The first-order valence-electron chi connectivity index (χ1n) is 8.08. The summed E-state index contributed by atoms with van der Waals surface area (Å²) in [5, 5.41) is 1.32. The number of hydrogen-bond donors (Lipinski definition) is 0. The van der Waals surface area contributed by atoms with E-state index in [1.54, 1.807) is 41.4 Å². The Morgan fingerprint density at radius 1 is 1.23 bits per heavy atom. The fraction of sp³-hybridized carbons (Fsp3) is 0.333. The van der Waals surface area contributed by atoms with E-state index in [1.165, 1.54) is 0 Å². The molecule has 1 aromatic heterocycles. The van der Waals surface area contributed by atoms with Crippen LogP contribution in [0, 0.1) is 0 Å². The summed E-state index contributed by atoms with van der Waals surface area (Å²) in [7, 11) is 0. The summed E-state index contributed by atoms with van der Waals surface area (Å²) in [6, 6.07) is 8.67. The van der Waals surface area contributed by atoms with Crippen molar-refractivity contribution in [3.63, 3.8) is 0 Å². The third-order valence-corrected chi connectivity index (χ3v) is 5.04. The molecular formula is C18H17Cl3N2O3. The van der Waals surface area contributed by atoms with Gasteiger partial charge in [-0.15, -0.1) is 0 Å². The summed E-state index contributed by atoms with van der Waals surface area (Å²) in [4.78, 5) is 18.3. The molecule has 138 valence electrons. The van der Waals surface area contributed by atoms with E-state index < -0.39 is 0 Å². The first-order valence-corrected chi connectivity index (χ1v) is 9.21. The smallest absolute Gasteiger partial charge is 0.257 e. The monoisotopic (exact) mass is 414 g/mol. The normalized spacial score (nSPS) is 17.3. The molecule has 1 aromatic carbocycles. The minimum Gasteiger partial charge on any atom is -0.374 e. The predicted molar refractivity (Wildman–Crippen MR) is 101 cm³/mol. The van der Waals surface area contributed by atoms with Gasteiger partial charge in [0.15, 0.2) is 0 Å². The van der Waals surface area contributed by atoms with Crippen LogP contribution in [0.15, 0.2) is 36.5 Å². The number of ether oxygens (including phenoxy) is 2. The minimum atomic E-state index is -0.232. The summed E-state index contributed by atoms with van der Waals surface area (Å²) >= 11 is 18.3. The van der Waals surface area contributed by atoms with Gasteiger partial charge < -0.3 is 14.4 Å². The van der Waals surface area contributed by atoms with Crippen LogP contribution < -0.4 is 0 Å². The molecule has 0 radical (unpaired) electrons. The number of halogens is 3. The largest absolute Gasteiger partial charge is 0.374 e. The Hall–Kier alpha value is -1.37. The van der Waals surface area contributed by atoms with E-state index in [1.807, 2.05) is 0 Å². The lowest BCUT2D eigenvalue weighted by atomic mass is 10.2. The molecular weight excluding hydrogens is 399 g/mol. The lowest BCUT2D eigenvalue weighted by molar-refractivity contribution is -0.0647. The maximum absolute atomic E-state index is 12.6. The first kappa shape index (κ1) is 19.4. The fourth-order valence-electron chi connectivity index (χ4n) is 2.68. The van der Waals surface area contributed by atoms with Crippen LogP contribution in [0.3, 0.4) is 0 Å². The van der Waals surface area contributed by atoms with Gasteiger partial charge in [-0.3, -0.25) is 4.79 Å². The summed E-state index contributed by atoms with van der Waals surface area (Å²) < 4.78 is 11.4. The van der Waals surface area contributed by atoms with Crippen molar-refractivity contribution in [2.75, 3.05) is 26.3 Å². The van der Waals surface area contributed by atoms with E-state index in [0.29, 0.717) is 41.9 Å². The highest BCUT2D eigenvalue weighted by molar-refractivity contribution is 6.36. The number of aromatic nitrogens is 1. The predicted octanol–water partition coefficient (Wildman–Crippen LogP) is 4.10. The van der Waals surface area contributed by atoms with Crippen molar-refractivity contribution in [2.45, 2.75) is 12.7 Å². The standard InChI is InChI=1S/C18H17Cl3N2O3/c19-15-4-1-5-16(20)14(15)11-25-10-12-9-23(7-8-26-12)18(24)13-3-2-6-22-17(13)21/h1-6,12H,7-11H2/t12-/m1/s1. The SMILES string of the molecule is O=C(c1cccnc1Cl)N1CCO[C@@H](COCc2c(Cl)cccc2Cl)C1. The number of morpholine rings is 1. The van der Waals surface area contributed by atoms with E-state index in [2.05, 4.69) is 4.98 Å². The molecule has 0 saturated carbocycles. The zero-order valence-corrected chi connectivity index (χ0v) is 16.1. The Bertz CT molecular complexity index is 768. The van der Waals surface area contributed by atoms with Crippen LogP contribution in [0.25, 0.3) is 0 Å². The van der Waals surface area contributed by atoms with Crippen LogP contribution in [0.4, 0.5) is 0 Å². The Balaban J connectivity index is 1.56. The zero-order valence-electron chi connectivity index (χ0n) is 13.8. The summed E-state index contributed by atoms with van der Waals surface area (Å²) in [5.41, 5.74) is 1.13. The number of pyridine rings is 1. The second-order valence-corrected chi connectivity index (χ2v) is 6.97. The van der Waals surface area contributed by atoms with Crippen molar-refractivity contribution in [1.29, 1.82) is 0 Å². The van der Waals surface area contributed by atoms with Gasteiger partial charge in [-0.2, -0.15) is 0 Å². The van der Waals surface area contributed by atoms with Crippen LogP contribution in [-0.2, 0) is 16.1 Å². The summed E-state index contributed by atoms with van der Waals surface area (Å²) in [6.45, 7) is 1.95. The molecule has 5 nitrogen and oxygen atoms in total. The van der Waals surface area contributed by atoms with Crippen molar-refractivity contribution in [1.82, 2.24) is 9.88 Å². The fourth-order valence-corrected chi connectivity index (χ4v) is 3.39. The molecule has 0 aliphatic carbocycles. The van der Waals surface area contributed by atoms with E-state index >= 15 is 0 Å². The van der Waals surface area contributed by atoms with Crippen LogP contribution in [-0.4, -0.2) is 48.2 Å². The molecule has 2 heterocycles. The van der Waals surface area contributed by atoms with Crippen LogP contribution in [0.2, 0.25) is 15.2 Å². The highest BCUT2D eigenvalue weighted by Crippen LogP contribution is 2.25. The van der Waals surface area contributed by atoms with Gasteiger partial charge >= 0.3 is 0 Å². The molecule has 26 heavy (non-hydrogen) atoms. The van der Waals surface area contributed by atoms with Crippen molar-refractivity contribution in [2.24, 2.45) is 0 Å². The molecule has 2 aromatic rings. The Kier molecular flexibility index (Phi) is 6.73. The molecule has 0 unspecified atom stereocenters. The lowest BCUT2D eigenvalue weighted by Gasteiger charge is -2.33. The van der Waals surface area contributed by atoms with E-state index in [0.717, 1.165) is 5.56 Å². The zero-order chi connectivity index (χ0) is 18.5. The molecule has 1 saturated heterocycles. The number of carbonyl (C=O) groups excluding carboxylic acids is 1. The third-order valence-electron chi connectivity index (χ3n) is 4.03. The minimum absolute atomic E-state index is 0.162. The number of nitrogens with zero attached hydrogens (tertiary/aromatic N) is 2. The van der Waals surface area contributed by atoms with Crippen molar-refractivity contribution in [3.05, 3.63) is 62.9 Å². The van der Waals surface area contributed by atoms with E-state index in [-0.39, 0.29) is 23.8 Å². The molecule has 1 amide bonds. The quantitative estimate of drug-likeness (QED) is 0.690. The molecule has 1 atom stereocenters. The summed E-state index contributed by atoms with van der Waals surface area (Å²) in [6.07, 6.45) is 1.32. The number of hydrogen-bond acceptors (Lipinski definition) is 4. The van der Waals surface area contributed by atoms with Crippen molar-refractivity contribution >= 4 is 40.7 Å². The maximum atomic E-state index is 12.6. The molecule has 3 rings (SSSR count). The molecule has 0 spiro atoms. The third kappa shape index (κ3) is 4.67. The molecule has 0 N–H and O–H groups in total. The van der Waals surface area contributed by atoms with E-state index in [9.17, 15) is 4.79 Å². The first-order chi connectivity index (χ1) is 12.6. The molecule has 0 bridgehead atoms. The maximum Gasteiger partial charge on any atom is 0.257 e. The molecule has 1 fully saturated rings. The average molecular weight is 416 g/mol. The van der Waals surface area contributed by atoms with Gasteiger partial charge in [0.1, 0.15) is 5.15 Å². The van der Waals surface area contributed by atoms with Gasteiger partial charge in [-0.05, 0) is 24.3 Å². The van der Waals surface area contributed by atoms with Crippen molar-refractivity contribution in [3.8, 4) is 0 Å². The Morgan fingerprint density at radius 3 is 2.73 bits per heavy atom. The van der Waals surface area contributed by atoms with Crippen LogP contribution >= 0.6 is 34.8 Å². The number of amides is 1. The van der Waals surface area contributed by atoms with E-state index in [4.69, 9.17) is 44.3 Å². The van der Waals surface area contributed by atoms with Gasteiger partial charge in [-0.1, -0.05) is 40.9 Å². The molecule has 8 heteroatoms. The van der Waals surface area contributed by atoms with Crippen LogP contribution in [0.1, 0.15) is 15.9 Å². The molecule has 1 aliphatic rings. The Labute approximate surface area is 166 Å². The number of rotatable bonds is 5. The van der Waals surface area contributed by atoms with Crippen LogP contribution in [0.5, 0.6) is 0 Å². The van der Waals surface area contributed by atoms with Gasteiger partial charge in [-0.25, -0.2) is 4.98 Å². The number of benzene rings is 1. The van der Waals surface area contributed by atoms with Gasteiger partial charge in [0.2, 0.25) is 0 Å². The summed E-state index contributed by atoms with van der Waals surface area (Å²) in [5.74, 6) is -0.162. The highest BCUT2D eigenvalue weighted by Gasteiger charge is 2.26. The Morgan fingerprint density at radius 2 is 2.00 bits per heavy atom. The van der Waals surface area contributed by atoms with Gasteiger partial charge in [0, 0.05) is 34.9 Å². The average Bonchev–Trinajstić information content (AvgIpc) is 2.64. The second kappa shape index (κ2) is 9.02. The second-order valence-electron chi connectivity index (χ2n) is 5.80. The lowest BCUT2D eigenvalue weighted by Crippen LogP contribution is -2.47. The molecule has 1 aliphatic heterocycles.